The van der Waals surface area contributed by atoms with Crippen LogP contribution in [0, 0.1) is 16.1 Å². The van der Waals surface area contributed by atoms with Gasteiger partial charge in [0.15, 0.2) is 0 Å². The first-order valence-electron chi connectivity index (χ1n) is 7.20. The van der Waals surface area contributed by atoms with E-state index in [0.29, 0.717) is 13.0 Å². The summed E-state index contributed by atoms with van der Waals surface area (Å²) < 4.78 is 16.1. The molecule has 0 fully saturated rings. The lowest BCUT2D eigenvalue weighted by molar-refractivity contribution is -0.385. The van der Waals surface area contributed by atoms with Gasteiger partial charge in [0, 0.05) is 6.54 Å². The highest BCUT2D eigenvalue weighted by Crippen LogP contribution is 2.15. The summed E-state index contributed by atoms with van der Waals surface area (Å²) in [6.45, 7) is 3.85. The minimum atomic E-state index is -0.765. The third-order valence-corrected chi connectivity index (χ3v) is 3.29. The monoisotopic (exact) mass is 337 g/mol. The number of aromatic nitrogens is 4. The van der Waals surface area contributed by atoms with E-state index in [9.17, 15) is 19.3 Å². The second-order valence-corrected chi connectivity index (χ2v) is 4.80. The molecule has 24 heavy (non-hydrogen) atoms. The molecule has 2 heterocycles. The maximum Gasteiger partial charge on any atom is 0.307 e. The van der Waals surface area contributed by atoms with E-state index < -0.39 is 22.8 Å². The largest absolute Gasteiger partial charge is 0.307 e. The number of hydrogen-bond donors (Lipinski definition) is 1. The van der Waals surface area contributed by atoms with Gasteiger partial charge in [0.25, 0.3) is 5.91 Å². The molecule has 2 rings (SSSR count). The second kappa shape index (κ2) is 7.44. The van der Waals surface area contributed by atoms with Crippen molar-refractivity contribution < 1.29 is 14.1 Å². The predicted octanol–water partition coefficient (Wildman–Crippen LogP) is 1.25. The minimum absolute atomic E-state index is 0.139. The van der Waals surface area contributed by atoms with Crippen molar-refractivity contribution in [3.8, 4) is 0 Å². The number of nitrogens with zero attached hydrogens (tertiary/aromatic N) is 6. The Morgan fingerprint density at radius 2 is 2.25 bits per heavy atom. The number of carbonyl (C=O) groups excluding carboxylic acids is 1. The van der Waals surface area contributed by atoms with Gasteiger partial charge in [-0.15, -0.1) is 0 Å². The molecule has 1 amide bonds. The summed E-state index contributed by atoms with van der Waals surface area (Å²) in [4.78, 5) is 22.2. The van der Waals surface area contributed by atoms with Crippen LogP contribution in [0.4, 0.5) is 10.1 Å². The van der Waals surface area contributed by atoms with E-state index in [4.69, 9.17) is 0 Å². The van der Waals surface area contributed by atoms with Gasteiger partial charge in [0.1, 0.15) is 18.4 Å². The molecule has 0 unspecified atom stereocenters. The highest BCUT2D eigenvalue weighted by molar-refractivity contribution is 5.83. The van der Waals surface area contributed by atoms with Crippen LogP contribution in [0.5, 0.6) is 0 Å². The number of hydrogen-bond acceptors (Lipinski definition) is 6. The molecule has 0 radical (unpaired) electrons. The number of hydrazone groups is 1. The molecule has 11 heteroatoms. The Morgan fingerprint density at radius 3 is 2.79 bits per heavy atom. The Kier molecular flexibility index (Phi) is 5.35. The van der Waals surface area contributed by atoms with Gasteiger partial charge in [0.05, 0.1) is 22.9 Å². The molecule has 2 aromatic rings. The van der Waals surface area contributed by atoms with Gasteiger partial charge in [-0.3, -0.25) is 19.6 Å². The summed E-state index contributed by atoms with van der Waals surface area (Å²) in [6.07, 6.45) is 5.02. The van der Waals surface area contributed by atoms with Crippen molar-refractivity contribution in [3.63, 3.8) is 0 Å². The van der Waals surface area contributed by atoms with Crippen LogP contribution < -0.4 is 5.43 Å². The molecular weight excluding hydrogens is 321 g/mol. The normalized spacial score (nSPS) is 12.5. The number of nitrogens with one attached hydrogen (secondary N) is 1. The van der Waals surface area contributed by atoms with Crippen molar-refractivity contribution in [2.45, 2.75) is 32.9 Å². The lowest BCUT2D eigenvalue weighted by atomic mass is 10.2. The van der Waals surface area contributed by atoms with Crippen LogP contribution in [0.3, 0.4) is 0 Å². The number of carbonyl (C=O) groups is 1. The molecule has 0 aliphatic rings. The Bertz CT molecular complexity index is 767. The van der Waals surface area contributed by atoms with Gasteiger partial charge in [-0.1, -0.05) is 6.92 Å². The van der Waals surface area contributed by atoms with Gasteiger partial charge >= 0.3 is 5.69 Å². The Labute approximate surface area is 136 Å². The smallest absolute Gasteiger partial charge is 0.271 e. The molecule has 0 saturated heterocycles. The lowest BCUT2D eigenvalue weighted by Gasteiger charge is -2.12. The average Bonchev–Trinajstić information content (AvgIpc) is 3.16. The van der Waals surface area contributed by atoms with Crippen LogP contribution >= 0.6 is 0 Å². The van der Waals surface area contributed by atoms with Gasteiger partial charge in [0.2, 0.25) is 5.95 Å². The summed E-state index contributed by atoms with van der Waals surface area (Å²) in [7, 11) is 0. The Hall–Kier alpha value is -3.11. The van der Waals surface area contributed by atoms with Crippen molar-refractivity contribution in [3.05, 3.63) is 40.2 Å². The van der Waals surface area contributed by atoms with Crippen molar-refractivity contribution in [2.24, 2.45) is 5.10 Å². The maximum absolute atomic E-state index is 13.7. The minimum Gasteiger partial charge on any atom is -0.271 e. The quantitative estimate of drug-likeness (QED) is 0.463. The average molecular weight is 337 g/mol. The summed E-state index contributed by atoms with van der Waals surface area (Å²) in [5.74, 6) is -1.07. The molecule has 0 bridgehead atoms. The molecule has 2 aromatic heterocycles. The van der Waals surface area contributed by atoms with Gasteiger partial charge in [-0.25, -0.2) is 10.1 Å². The molecular formula is C13H16FN7O3. The third kappa shape index (κ3) is 3.62. The number of amides is 1. The van der Waals surface area contributed by atoms with Crippen molar-refractivity contribution in [1.29, 1.82) is 0 Å². The van der Waals surface area contributed by atoms with Crippen LogP contribution in [-0.2, 0) is 11.3 Å². The van der Waals surface area contributed by atoms with Crippen LogP contribution in [0.1, 0.15) is 31.9 Å². The number of aryl methyl sites for hydroxylation is 1. The molecule has 0 aromatic carbocycles. The van der Waals surface area contributed by atoms with Gasteiger partial charge < -0.3 is 0 Å². The summed E-state index contributed by atoms with van der Waals surface area (Å²) >= 11 is 0. The molecule has 0 aliphatic carbocycles. The zero-order chi connectivity index (χ0) is 17.7. The van der Waals surface area contributed by atoms with Crippen LogP contribution in [0.2, 0.25) is 0 Å². The van der Waals surface area contributed by atoms with Gasteiger partial charge in [-0.2, -0.15) is 19.7 Å². The fraction of sp³-hybridized carbons (Fsp3) is 0.385. The van der Waals surface area contributed by atoms with Crippen LogP contribution in [0.15, 0.2) is 23.7 Å². The van der Waals surface area contributed by atoms with Gasteiger partial charge in [-0.05, 0) is 13.3 Å². The summed E-state index contributed by atoms with van der Waals surface area (Å²) in [6, 6.07) is -0.765. The van der Waals surface area contributed by atoms with Crippen LogP contribution in [0.25, 0.3) is 0 Å². The number of halogens is 1. The first-order chi connectivity index (χ1) is 11.5. The molecule has 10 nitrogen and oxygen atoms in total. The number of nitro groups is 1. The van der Waals surface area contributed by atoms with E-state index >= 15 is 0 Å². The first-order valence-corrected chi connectivity index (χ1v) is 7.20. The molecule has 128 valence electrons. The standard InChI is InChI=1S/C13H16FN7O3/c1-3-11(20-8-10(7-17-20)21(23)24)13(22)18-15-5-9-6-16-19(4-2)12(9)14/h5-8,11H,3-4H2,1-2H3,(H,18,22)/b15-5-/t11-/m1/s1. The van der Waals surface area contributed by atoms with E-state index in [2.05, 4.69) is 20.7 Å². The van der Waals surface area contributed by atoms with E-state index in [-0.39, 0.29) is 11.3 Å². The SMILES string of the molecule is CC[C@H](C(=O)N/N=C\c1cnn(CC)c1F)n1cc([N+](=O)[O-])cn1. The highest BCUT2D eigenvalue weighted by Gasteiger charge is 2.21. The van der Waals surface area contributed by atoms with E-state index in [1.165, 1.54) is 17.1 Å². The van der Waals surface area contributed by atoms with Crippen LogP contribution in [-0.4, -0.2) is 36.6 Å². The summed E-state index contributed by atoms with van der Waals surface area (Å²) in [5.41, 5.74) is 2.20. The third-order valence-electron chi connectivity index (χ3n) is 3.29. The summed E-state index contributed by atoms with van der Waals surface area (Å²) in [5, 5.41) is 22.0. The fourth-order valence-electron chi connectivity index (χ4n) is 2.02. The van der Waals surface area contributed by atoms with E-state index in [1.54, 1.807) is 13.8 Å². The number of rotatable bonds is 7. The van der Waals surface area contributed by atoms with Crippen molar-refractivity contribution >= 4 is 17.8 Å². The highest BCUT2D eigenvalue weighted by atomic mass is 19.1. The first kappa shape index (κ1) is 17.2. The maximum atomic E-state index is 13.7. The molecule has 0 aliphatic heterocycles. The van der Waals surface area contributed by atoms with Crippen molar-refractivity contribution in [1.82, 2.24) is 25.0 Å². The molecule has 0 spiro atoms. The van der Waals surface area contributed by atoms with E-state index in [0.717, 1.165) is 17.1 Å². The molecule has 0 saturated carbocycles. The van der Waals surface area contributed by atoms with E-state index in [1.807, 2.05) is 0 Å². The Morgan fingerprint density at radius 1 is 1.50 bits per heavy atom. The van der Waals surface area contributed by atoms with Crippen molar-refractivity contribution in [2.75, 3.05) is 0 Å². The zero-order valence-corrected chi connectivity index (χ0v) is 13.1. The Balaban J connectivity index is 2.04. The fourth-order valence-corrected chi connectivity index (χ4v) is 2.02. The second-order valence-electron chi connectivity index (χ2n) is 4.80. The predicted molar refractivity (Wildman–Crippen MR) is 81.8 cm³/mol. The lowest BCUT2D eigenvalue weighted by Crippen LogP contribution is -2.29. The zero-order valence-electron chi connectivity index (χ0n) is 13.1. The molecule has 1 N–H and O–H groups in total. The topological polar surface area (TPSA) is 120 Å². The molecule has 1 atom stereocenters.